The van der Waals surface area contributed by atoms with Crippen LogP contribution in [0, 0.1) is 0 Å². The summed E-state index contributed by atoms with van der Waals surface area (Å²) in [6, 6.07) is 0.349. The molecule has 23 heavy (non-hydrogen) atoms. The van der Waals surface area contributed by atoms with E-state index < -0.39 is 5.60 Å². The lowest BCUT2D eigenvalue weighted by atomic mass is 10.1. The first-order valence-electron chi connectivity index (χ1n) is 8.68. The molecule has 0 aliphatic carbocycles. The van der Waals surface area contributed by atoms with Crippen LogP contribution in [0.3, 0.4) is 0 Å². The number of amides is 2. The van der Waals surface area contributed by atoms with E-state index in [2.05, 4.69) is 17.6 Å². The first-order valence-corrected chi connectivity index (χ1v) is 8.68. The van der Waals surface area contributed by atoms with Gasteiger partial charge in [-0.3, -0.25) is 4.79 Å². The van der Waals surface area contributed by atoms with Gasteiger partial charge in [-0.1, -0.05) is 0 Å². The number of carbonyl (C=O) groups excluding carboxylic acids is 2. The number of hydrogen-bond acceptors (Lipinski definition) is 4. The molecule has 1 fully saturated rings. The maximum atomic E-state index is 11.7. The van der Waals surface area contributed by atoms with Crippen molar-refractivity contribution in [2.45, 2.75) is 78.0 Å². The normalized spacial score (nSPS) is 18.0. The molecule has 0 bridgehead atoms. The van der Waals surface area contributed by atoms with E-state index in [4.69, 9.17) is 4.74 Å². The number of alkyl carbamates (subject to hydrolysis) is 1. The highest BCUT2D eigenvalue weighted by Gasteiger charge is 2.20. The largest absolute Gasteiger partial charge is 0.444 e. The van der Waals surface area contributed by atoms with Gasteiger partial charge in [-0.25, -0.2) is 4.79 Å². The molecule has 2 N–H and O–H groups in total. The molecule has 6 nitrogen and oxygen atoms in total. The highest BCUT2D eigenvalue weighted by molar-refractivity contribution is 5.77. The Hall–Kier alpha value is -1.30. The van der Waals surface area contributed by atoms with Crippen LogP contribution in [0.15, 0.2) is 0 Å². The Morgan fingerprint density at radius 3 is 2.57 bits per heavy atom. The van der Waals surface area contributed by atoms with Crippen molar-refractivity contribution in [3.63, 3.8) is 0 Å². The van der Waals surface area contributed by atoms with Crippen molar-refractivity contribution in [3.8, 4) is 0 Å². The van der Waals surface area contributed by atoms with Gasteiger partial charge in [0.1, 0.15) is 5.60 Å². The van der Waals surface area contributed by atoms with Gasteiger partial charge >= 0.3 is 6.09 Å². The third kappa shape index (κ3) is 8.79. The minimum absolute atomic E-state index is 0.0486. The first-order chi connectivity index (χ1) is 10.7. The molecule has 6 heteroatoms. The van der Waals surface area contributed by atoms with E-state index in [-0.39, 0.29) is 18.0 Å². The van der Waals surface area contributed by atoms with Crippen LogP contribution in [0.5, 0.6) is 0 Å². The molecule has 0 saturated carbocycles. The predicted octanol–water partition coefficient (Wildman–Crippen LogP) is 2.28. The standard InChI is InChI=1S/C17H33N3O3/c1-13(12-14(2)19-16(22)23-17(3,4)5)18-9-7-11-20-10-6-8-15(20)21/h13-14,18H,6-12H2,1-5H3,(H,19,22)/t13-,14-/m0/s1. The van der Waals surface area contributed by atoms with Crippen molar-refractivity contribution in [1.82, 2.24) is 15.5 Å². The molecule has 134 valence electrons. The van der Waals surface area contributed by atoms with Crippen molar-refractivity contribution in [1.29, 1.82) is 0 Å². The van der Waals surface area contributed by atoms with E-state index in [0.29, 0.717) is 12.5 Å². The van der Waals surface area contributed by atoms with Gasteiger partial charge in [-0.15, -0.1) is 0 Å². The maximum Gasteiger partial charge on any atom is 0.407 e. The third-order valence-corrected chi connectivity index (χ3v) is 3.74. The van der Waals surface area contributed by atoms with Crippen molar-refractivity contribution in [3.05, 3.63) is 0 Å². The average molecular weight is 327 g/mol. The van der Waals surface area contributed by atoms with Crippen molar-refractivity contribution in [2.24, 2.45) is 0 Å². The van der Waals surface area contributed by atoms with E-state index in [0.717, 1.165) is 38.9 Å². The summed E-state index contributed by atoms with van der Waals surface area (Å²) in [5.74, 6) is 0.285. The average Bonchev–Trinajstić information content (AvgIpc) is 2.77. The Kier molecular flexibility index (Phi) is 7.82. The number of rotatable bonds is 8. The van der Waals surface area contributed by atoms with Gasteiger partial charge in [0, 0.05) is 31.6 Å². The molecule has 1 heterocycles. The van der Waals surface area contributed by atoms with Gasteiger partial charge in [0.05, 0.1) is 0 Å². The molecule has 1 aliphatic heterocycles. The molecular weight excluding hydrogens is 294 g/mol. The van der Waals surface area contributed by atoms with E-state index in [1.807, 2.05) is 32.6 Å². The van der Waals surface area contributed by atoms with Crippen LogP contribution in [0.2, 0.25) is 0 Å². The van der Waals surface area contributed by atoms with Crippen LogP contribution in [-0.4, -0.2) is 54.2 Å². The summed E-state index contributed by atoms with van der Waals surface area (Å²) in [7, 11) is 0. The second-order valence-corrected chi connectivity index (χ2v) is 7.48. The molecule has 2 amide bonds. The lowest BCUT2D eigenvalue weighted by Gasteiger charge is -2.24. The fourth-order valence-electron chi connectivity index (χ4n) is 2.74. The lowest BCUT2D eigenvalue weighted by molar-refractivity contribution is -0.127. The van der Waals surface area contributed by atoms with Crippen LogP contribution >= 0.6 is 0 Å². The van der Waals surface area contributed by atoms with Gasteiger partial charge in [0.2, 0.25) is 5.91 Å². The molecule has 1 rings (SSSR count). The van der Waals surface area contributed by atoms with Gasteiger partial charge in [0.25, 0.3) is 0 Å². The van der Waals surface area contributed by atoms with Crippen LogP contribution < -0.4 is 10.6 Å². The summed E-state index contributed by atoms with van der Waals surface area (Å²) < 4.78 is 5.25. The summed E-state index contributed by atoms with van der Waals surface area (Å²) in [6.07, 6.45) is 3.13. The van der Waals surface area contributed by atoms with Crippen LogP contribution in [-0.2, 0) is 9.53 Å². The second kappa shape index (κ2) is 9.11. The van der Waals surface area contributed by atoms with Crippen LogP contribution in [0.4, 0.5) is 4.79 Å². The highest BCUT2D eigenvalue weighted by atomic mass is 16.6. The lowest BCUT2D eigenvalue weighted by Crippen LogP contribution is -2.41. The molecule has 1 aliphatic rings. The molecule has 0 aromatic carbocycles. The summed E-state index contributed by atoms with van der Waals surface area (Å²) in [4.78, 5) is 25.1. The minimum Gasteiger partial charge on any atom is -0.444 e. The monoisotopic (exact) mass is 327 g/mol. The molecule has 0 unspecified atom stereocenters. The Labute approximate surface area is 140 Å². The number of carbonyl (C=O) groups is 2. The summed E-state index contributed by atoms with van der Waals surface area (Å²) in [5.41, 5.74) is -0.472. The number of hydrogen-bond donors (Lipinski definition) is 2. The number of ether oxygens (including phenoxy) is 1. The number of nitrogens with zero attached hydrogens (tertiary/aromatic N) is 1. The predicted molar refractivity (Wildman–Crippen MR) is 91.3 cm³/mol. The summed E-state index contributed by atoms with van der Waals surface area (Å²) >= 11 is 0. The minimum atomic E-state index is -0.472. The molecule has 0 radical (unpaired) electrons. The van der Waals surface area contributed by atoms with Crippen molar-refractivity contribution in [2.75, 3.05) is 19.6 Å². The Balaban J connectivity index is 2.11. The zero-order valence-electron chi connectivity index (χ0n) is 15.3. The molecular formula is C17H33N3O3. The van der Waals surface area contributed by atoms with E-state index in [9.17, 15) is 9.59 Å². The number of nitrogens with one attached hydrogen (secondary N) is 2. The quantitative estimate of drug-likeness (QED) is 0.671. The molecule has 0 aromatic rings. The third-order valence-electron chi connectivity index (χ3n) is 3.74. The second-order valence-electron chi connectivity index (χ2n) is 7.48. The fraction of sp³-hybridized carbons (Fsp3) is 0.882. The van der Waals surface area contributed by atoms with Crippen LogP contribution in [0.1, 0.15) is 60.3 Å². The SMILES string of the molecule is C[C@@H](C[C@H](C)NC(=O)OC(C)(C)C)NCCCN1CCCC1=O. The summed E-state index contributed by atoms with van der Waals surface area (Å²) in [5, 5.41) is 6.30. The van der Waals surface area contributed by atoms with E-state index in [1.165, 1.54) is 0 Å². The summed E-state index contributed by atoms with van der Waals surface area (Å²) in [6.45, 7) is 12.3. The first kappa shape index (κ1) is 19.7. The smallest absolute Gasteiger partial charge is 0.407 e. The Morgan fingerprint density at radius 2 is 2.00 bits per heavy atom. The number of likely N-dealkylation sites (tertiary alicyclic amines) is 1. The van der Waals surface area contributed by atoms with Gasteiger partial charge in [0.15, 0.2) is 0 Å². The van der Waals surface area contributed by atoms with Gasteiger partial charge in [-0.05, 0) is 60.4 Å². The van der Waals surface area contributed by atoms with Crippen molar-refractivity contribution >= 4 is 12.0 Å². The molecule has 2 atom stereocenters. The topological polar surface area (TPSA) is 70.7 Å². The zero-order chi connectivity index (χ0) is 17.5. The molecule has 1 saturated heterocycles. The van der Waals surface area contributed by atoms with Crippen LogP contribution in [0.25, 0.3) is 0 Å². The highest BCUT2D eigenvalue weighted by Crippen LogP contribution is 2.10. The molecule has 0 spiro atoms. The Morgan fingerprint density at radius 1 is 1.30 bits per heavy atom. The zero-order valence-corrected chi connectivity index (χ0v) is 15.3. The van der Waals surface area contributed by atoms with E-state index in [1.54, 1.807) is 0 Å². The maximum absolute atomic E-state index is 11.7. The van der Waals surface area contributed by atoms with Gasteiger partial charge in [-0.2, -0.15) is 0 Å². The fourth-order valence-corrected chi connectivity index (χ4v) is 2.74. The van der Waals surface area contributed by atoms with Gasteiger partial charge < -0.3 is 20.3 Å². The van der Waals surface area contributed by atoms with Crippen molar-refractivity contribution < 1.29 is 14.3 Å². The van der Waals surface area contributed by atoms with E-state index >= 15 is 0 Å². The Bertz CT molecular complexity index is 393. The molecule has 0 aromatic heterocycles.